The normalized spacial score (nSPS) is 10.5. The molecule has 4 nitrogen and oxygen atoms in total. The van der Waals surface area contributed by atoms with Crippen molar-refractivity contribution in [2.75, 3.05) is 19.5 Å². The maximum absolute atomic E-state index is 11.9. The molecule has 0 aliphatic rings. The molecule has 2 aromatic carbocycles. The van der Waals surface area contributed by atoms with Crippen molar-refractivity contribution in [3.8, 4) is 11.5 Å². The lowest BCUT2D eigenvalue weighted by Gasteiger charge is -2.07. The maximum Gasteiger partial charge on any atom is 0.248 e. The molecule has 0 saturated carbocycles. The van der Waals surface area contributed by atoms with Crippen molar-refractivity contribution in [2.24, 2.45) is 0 Å². The van der Waals surface area contributed by atoms with Gasteiger partial charge in [-0.2, -0.15) is 0 Å². The van der Waals surface area contributed by atoms with Gasteiger partial charge < -0.3 is 14.8 Å². The van der Waals surface area contributed by atoms with Gasteiger partial charge in [0.1, 0.15) is 11.5 Å². The molecule has 0 unspecified atom stereocenters. The Balaban J connectivity index is 2.07. The zero-order chi connectivity index (χ0) is 15.9. The highest BCUT2D eigenvalue weighted by atomic mass is 16.5. The van der Waals surface area contributed by atoms with Crippen LogP contribution in [0.4, 0.5) is 5.69 Å². The van der Waals surface area contributed by atoms with Crippen molar-refractivity contribution in [2.45, 2.75) is 6.92 Å². The minimum atomic E-state index is -0.193. The Morgan fingerprint density at radius 2 is 1.77 bits per heavy atom. The van der Waals surface area contributed by atoms with Crippen LogP contribution in [0.5, 0.6) is 11.5 Å². The second-order valence-electron chi connectivity index (χ2n) is 4.80. The van der Waals surface area contributed by atoms with Gasteiger partial charge in [0.15, 0.2) is 0 Å². The molecule has 0 aliphatic heterocycles. The van der Waals surface area contributed by atoms with Gasteiger partial charge in [0.05, 0.1) is 14.2 Å². The summed E-state index contributed by atoms with van der Waals surface area (Å²) in [4.78, 5) is 11.9. The monoisotopic (exact) mass is 297 g/mol. The molecule has 4 heteroatoms. The molecule has 0 spiro atoms. The van der Waals surface area contributed by atoms with Gasteiger partial charge in [-0.15, -0.1) is 0 Å². The lowest BCUT2D eigenvalue weighted by atomic mass is 10.1. The first-order valence-electron chi connectivity index (χ1n) is 6.90. The van der Waals surface area contributed by atoms with E-state index in [9.17, 15) is 4.79 Å². The van der Waals surface area contributed by atoms with Gasteiger partial charge in [0, 0.05) is 23.4 Å². The molecule has 2 aromatic rings. The van der Waals surface area contributed by atoms with Crippen LogP contribution in [0.25, 0.3) is 6.08 Å². The quantitative estimate of drug-likeness (QED) is 0.857. The Labute approximate surface area is 130 Å². The van der Waals surface area contributed by atoms with Crippen molar-refractivity contribution >= 4 is 17.7 Å². The topological polar surface area (TPSA) is 47.6 Å². The predicted octanol–water partition coefficient (Wildman–Crippen LogP) is 3.66. The Hall–Kier alpha value is -2.75. The summed E-state index contributed by atoms with van der Waals surface area (Å²) in [5, 5.41) is 2.81. The van der Waals surface area contributed by atoms with Gasteiger partial charge in [0.2, 0.25) is 5.91 Å². The largest absolute Gasteiger partial charge is 0.497 e. The number of hydrogen-bond donors (Lipinski definition) is 1. The summed E-state index contributed by atoms with van der Waals surface area (Å²) in [7, 11) is 3.18. The molecule has 1 amide bonds. The minimum absolute atomic E-state index is 0.193. The van der Waals surface area contributed by atoms with E-state index in [1.54, 1.807) is 26.4 Å². The second kappa shape index (κ2) is 7.31. The number of amides is 1. The summed E-state index contributed by atoms with van der Waals surface area (Å²) in [5.41, 5.74) is 2.72. The van der Waals surface area contributed by atoms with Crippen molar-refractivity contribution in [3.05, 3.63) is 59.7 Å². The fourth-order valence-electron chi connectivity index (χ4n) is 1.94. The molecule has 22 heavy (non-hydrogen) atoms. The third-order valence-corrected chi connectivity index (χ3v) is 3.17. The van der Waals surface area contributed by atoms with E-state index in [2.05, 4.69) is 5.32 Å². The van der Waals surface area contributed by atoms with Crippen LogP contribution in [-0.2, 0) is 4.79 Å². The van der Waals surface area contributed by atoms with Crippen molar-refractivity contribution in [1.29, 1.82) is 0 Å². The molecule has 0 fully saturated rings. The molecule has 0 atom stereocenters. The maximum atomic E-state index is 11.9. The molecule has 0 aliphatic carbocycles. The number of anilines is 1. The predicted molar refractivity (Wildman–Crippen MR) is 88.4 cm³/mol. The molecule has 0 bridgehead atoms. The Kier molecular flexibility index (Phi) is 5.20. The summed E-state index contributed by atoms with van der Waals surface area (Å²) in [6, 6.07) is 13.1. The van der Waals surface area contributed by atoms with E-state index in [0.717, 1.165) is 16.8 Å². The highest BCUT2D eigenvalue weighted by molar-refractivity contribution is 6.02. The first-order chi connectivity index (χ1) is 10.6. The second-order valence-corrected chi connectivity index (χ2v) is 4.80. The van der Waals surface area contributed by atoms with Crippen LogP contribution in [0, 0.1) is 6.92 Å². The molecule has 2 rings (SSSR count). The van der Waals surface area contributed by atoms with Gasteiger partial charge in [-0.3, -0.25) is 4.79 Å². The molecule has 114 valence electrons. The Bertz CT molecular complexity index is 675. The zero-order valence-corrected chi connectivity index (χ0v) is 12.9. The van der Waals surface area contributed by atoms with Crippen LogP contribution in [0.1, 0.15) is 11.1 Å². The van der Waals surface area contributed by atoms with E-state index in [-0.39, 0.29) is 5.91 Å². The molecule has 1 N–H and O–H groups in total. The van der Waals surface area contributed by atoms with E-state index in [0.29, 0.717) is 11.5 Å². The fraction of sp³-hybridized carbons (Fsp3) is 0.167. The number of nitrogens with one attached hydrogen (secondary N) is 1. The number of ether oxygens (including phenoxy) is 2. The average Bonchev–Trinajstić information content (AvgIpc) is 2.55. The summed E-state index contributed by atoms with van der Waals surface area (Å²) in [6.07, 6.45) is 3.19. The third-order valence-electron chi connectivity index (χ3n) is 3.17. The average molecular weight is 297 g/mol. The van der Waals surface area contributed by atoms with Gasteiger partial charge in [0.25, 0.3) is 0 Å². The minimum Gasteiger partial charge on any atom is -0.497 e. The van der Waals surface area contributed by atoms with E-state index in [1.165, 1.54) is 6.08 Å². The van der Waals surface area contributed by atoms with Crippen molar-refractivity contribution in [1.82, 2.24) is 0 Å². The van der Waals surface area contributed by atoms with E-state index in [1.807, 2.05) is 43.3 Å². The van der Waals surface area contributed by atoms with E-state index in [4.69, 9.17) is 9.47 Å². The van der Waals surface area contributed by atoms with Crippen molar-refractivity contribution < 1.29 is 14.3 Å². The number of rotatable bonds is 5. The van der Waals surface area contributed by atoms with Gasteiger partial charge in [-0.25, -0.2) is 0 Å². The third kappa shape index (κ3) is 4.12. The van der Waals surface area contributed by atoms with E-state index >= 15 is 0 Å². The summed E-state index contributed by atoms with van der Waals surface area (Å²) in [5.74, 6) is 1.17. The SMILES string of the molecule is COc1ccc(/C=C/C(=O)Nc2ccc(C)cc2)c(OC)c1. The van der Waals surface area contributed by atoms with Crippen LogP contribution in [0.15, 0.2) is 48.5 Å². The van der Waals surface area contributed by atoms with Crippen LogP contribution in [0.3, 0.4) is 0 Å². The fourth-order valence-corrected chi connectivity index (χ4v) is 1.94. The lowest BCUT2D eigenvalue weighted by molar-refractivity contribution is -0.111. The van der Waals surface area contributed by atoms with Gasteiger partial charge >= 0.3 is 0 Å². The molecular weight excluding hydrogens is 278 g/mol. The molecule has 0 radical (unpaired) electrons. The van der Waals surface area contributed by atoms with Crippen LogP contribution in [-0.4, -0.2) is 20.1 Å². The van der Waals surface area contributed by atoms with Crippen molar-refractivity contribution in [3.63, 3.8) is 0 Å². The Morgan fingerprint density at radius 3 is 2.41 bits per heavy atom. The summed E-state index contributed by atoms with van der Waals surface area (Å²) < 4.78 is 10.4. The first-order valence-corrected chi connectivity index (χ1v) is 6.90. The standard InChI is InChI=1S/C18H19NO3/c1-13-4-8-15(9-5-13)19-18(20)11-7-14-6-10-16(21-2)12-17(14)22-3/h4-12H,1-3H3,(H,19,20)/b11-7+. The number of hydrogen-bond acceptors (Lipinski definition) is 3. The molecule has 0 aromatic heterocycles. The van der Waals surface area contributed by atoms with Crippen LogP contribution < -0.4 is 14.8 Å². The molecule has 0 saturated heterocycles. The summed E-state index contributed by atoms with van der Waals surface area (Å²) in [6.45, 7) is 2.00. The number of carbonyl (C=O) groups excluding carboxylic acids is 1. The smallest absolute Gasteiger partial charge is 0.248 e. The summed E-state index contributed by atoms with van der Waals surface area (Å²) >= 11 is 0. The van der Waals surface area contributed by atoms with Crippen LogP contribution >= 0.6 is 0 Å². The number of carbonyl (C=O) groups is 1. The number of methoxy groups -OCH3 is 2. The molecule has 0 heterocycles. The molecular formula is C18H19NO3. The van der Waals surface area contributed by atoms with E-state index < -0.39 is 0 Å². The number of benzene rings is 2. The van der Waals surface area contributed by atoms with Crippen LogP contribution in [0.2, 0.25) is 0 Å². The van der Waals surface area contributed by atoms with Gasteiger partial charge in [-0.1, -0.05) is 17.7 Å². The first kappa shape index (κ1) is 15.6. The Morgan fingerprint density at radius 1 is 1.05 bits per heavy atom. The lowest BCUT2D eigenvalue weighted by Crippen LogP contribution is -2.07. The van der Waals surface area contributed by atoms with Gasteiger partial charge in [-0.05, 0) is 37.3 Å². The highest BCUT2D eigenvalue weighted by Gasteiger charge is 2.03. The highest BCUT2D eigenvalue weighted by Crippen LogP contribution is 2.25. The number of aryl methyl sites for hydroxylation is 1. The zero-order valence-electron chi connectivity index (χ0n) is 12.9.